The molecule has 0 saturated carbocycles. The average molecular weight is 504 g/mol. The molecule has 3 heterocycles. The molecule has 3 N–H and O–H groups in total. The predicted octanol–water partition coefficient (Wildman–Crippen LogP) is 3.90. The third-order valence-electron chi connectivity index (χ3n) is 6.52. The van der Waals surface area contributed by atoms with Gasteiger partial charge in [0, 0.05) is 60.0 Å². The first-order valence-corrected chi connectivity index (χ1v) is 12.9. The monoisotopic (exact) mass is 503 g/mol. The highest BCUT2D eigenvalue weighted by Crippen LogP contribution is 2.25. The molecule has 0 bridgehead atoms. The van der Waals surface area contributed by atoms with Crippen molar-refractivity contribution in [1.29, 1.82) is 0 Å². The molecule has 1 aliphatic rings. The van der Waals surface area contributed by atoms with Gasteiger partial charge in [-0.1, -0.05) is 6.92 Å². The Bertz CT molecular complexity index is 1340. The SMILES string of the molecule is CCC(NC(=O)c1ccc2[nH]nc(NC(=O)c3ccc(N4CCN(C)CC4)cc3)c2c1)c1nccs1. The lowest BCUT2D eigenvalue weighted by atomic mass is 10.1. The first-order valence-electron chi connectivity index (χ1n) is 12.0. The number of anilines is 2. The molecule has 0 spiro atoms. The van der Waals surface area contributed by atoms with E-state index in [9.17, 15) is 9.59 Å². The highest BCUT2D eigenvalue weighted by molar-refractivity contribution is 7.09. The molecule has 0 aliphatic carbocycles. The summed E-state index contributed by atoms with van der Waals surface area (Å²) in [5.74, 6) is -0.0605. The minimum Gasteiger partial charge on any atom is -0.369 e. The van der Waals surface area contributed by atoms with Crippen LogP contribution in [0.1, 0.15) is 45.1 Å². The predicted molar refractivity (Wildman–Crippen MR) is 143 cm³/mol. The number of carbonyl (C=O) groups is 2. The number of hydrogen-bond acceptors (Lipinski definition) is 7. The van der Waals surface area contributed by atoms with Crippen LogP contribution in [0.5, 0.6) is 0 Å². The number of nitrogens with zero attached hydrogens (tertiary/aromatic N) is 4. The molecule has 1 fully saturated rings. The second kappa shape index (κ2) is 10.5. The number of H-pyrrole nitrogens is 1. The van der Waals surface area contributed by atoms with Crippen LogP contribution in [-0.2, 0) is 0 Å². The summed E-state index contributed by atoms with van der Waals surface area (Å²) >= 11 is 1.52. The number of aromatic nitrogens is 3. The van der Waals surface area contributed by atoms with Gasteiger partial charge in [-0.2, -0.15) is 5.10 Å². The number of likely N-dealkylation sites (N-methyl/N-ethyl adjacent to an activating group) is 1. The highest BCUT2D eigenvalue weighted by Gasteiger charge is 2.19. The van der Waals surface area contributed by atoms with E-state index in [-0.39, 0.29) is 17.9 Å². The van der Waals surface area contributed by atoms with Crippen LogP contribution in [0, 0.1) is 0 Å². The average Bonchev–Trinajstić information content (AvgIpc) is 3.58. The van der Waals surface area contributed by atoms with Crippen LogP contribution in [-0.4, -0.2) is 65.1 Å². The molecular weight excluding hydrogens is 474 g/mol. The molecular formula is C26H29N7O2S. The first-order chi connectivity index (χ1) is 17.5. The quantitative estimate of drug-likeness (QED) is 0.353. The largest absolute Gasteiger partial charge is 0.369 e. The fourth-order valence-corrected chi connectivity index (χ4v) is 5.08. The van der Waals surface area contributed by atoms with E-state index in [4.69, 9.17) is 0 Å². The number of thiazole rings is 1. The topological polar surface area (TPSA) is 106 Å². The fourth-order valence-electron chi connectivity index (χ4n) is 4.31. The summed E-state index contributed by atoms with van der Waals surface area (Å²) in [4.78, 5) is 34.9. The number of piperazine rings is 1. The zero-order chi connectivity index (χ0) is 25.1. The first kappa shape index (κ1) is 24.0. The van der Waals surface area contributed by atoms with E-state index in [0.717, 1.165) is 48.8 Å². The number of nitrogens with one attached hydrogen (secondary N) is 3. The van der Waals surface area contributed by atoms with Gasteiger partial charge in [0.25, 0.3) is 11.8 Å². The van der Waals surface area contributed by atoms with Crippen molar-refractivity contribution in [3.05, 3.63) is 70.2 Å². The summed E-state index contributed by atoms with van der Waals surface area (Å²) in [5, 5.41) is 16.6. The van der Waals surface area contributed by atoms with Gasteiger partial charge in [0.05, 0.1) is 11.6 Å². The van der Waals surface area contributed by atoms with E-state index in [2.05, 4.69) is 42.7 Å². The number of rotatable bonds is 7. The van der Waals surface area contributed by atoms with Crippen molar-refractivity contribution in [3.8, 4) is 0 Å². The normalized spacial score (nSPS) is 15.1. The van der Waals surface area contributed by atoms with Gasteiger partial charge in [-0.05, 0) is 55.9 Å². The van der Waals surface area contributed by atoms with E-state index in [1.54, 1.807) is 24.4 Å². The maximum atomic E-state index is 13.0. The molecule has 2 aromatic heterocycles. The van der Waals surface area contributed by atoms with Gasteiger partial charge in [0.2, 0.25) is 0 Å². The Kier molecular flexibility index (Phi) is 6.97. The Balaban J connectivity index is 1.29. The summed E-state index contributed by atoms with van der Waals surface area (Å²) in [7, 11) is 2.13. The molecule has 4 aromatic rings. The Morgan fingerprint density at radius 3 is 2.50 bits per heavy atom. The minimum absolute atomic E-state index is 0.148. The molecule has 1 aliphatic heterocycles. The van der Waals surface area contributed by atoms with Gasteiger partial charge in [-0.25, -0.2) is 4.98 Å². The molecule has 2 aromatic carbocycles. The summed E-state index contributed by atoms with van der Waals surface area (Å²) in [6.07, 6.45) is 2.48. The van der Waals surface area contributed by atoms with Crippen LogP contribution in [0.15, 0.2) is 54.0 Å². The van der Waals surface area contributed by atoms with E-state index in [0.29, 0.717) is 22.3 Å². The lowest BCUT2D eigenvalue weighted by Crippen LogP contribution is -2.44. The lowest BCUT2D eigenvalue weighted by molar-refractivity contribution is 0.0935. The molecule has 1 unspecified atom stereocenters. The van der Waals surface area contributed by atoms with Crippen LogP contribution < -0.4 is 15.5 Å². The van der Waals surface area contributed by atoms with Gasteiger partial charge < -0.3 is 20.4 Å². The van der Waals surface area contributed by atoms with Gasteiger partial charge >= 0.3 is 0 Å². The number of aromatic amines is 1. The third-order valence-corrected chi connectivity index (χ3v) is 7.41. The summed E-state index contributed by atoms with van der Waals surface area (Å²) in [5.41, 5.74) is 2.89. The van der Waals surface area contributed by atoms with Crippen molar-refractivity contribution in [2.75, 3.05) is 43.4 Å². The zero-order valence-corrected chi connectivity index (χ0v) is 21.1. The van der Waals surface area contributed by atoms with Crippen molar-refractivity contribution >= 4 is 45.6 Å². The molecule has 36 heavy (non-hydrogen) atoms. The Hall–Kier alpha value is -3.76. The number of amides is 2. The van der Waals surface area contributed by atoms with Crippen LogP contribution in [0.4, 0.5) is 11.5 Å². The van der Waals surface area contributed by atoms with Gasteiger partial charge in [-0.3, -0.25) is 14.7 Å². The smallest absolute Gasteiger partial charge is 0.256 e. The second-order valence-corrected chi connectivity index (χ2v) is 9.85. The van der Waals surface area contributed by atoms with Gasteiger partial charge in [-0.15, -0.1) is 11.3 Å². The summed E-state index contributed by atoms with van der Waals surface area (Å²) in [6.45, 7) is 6.01. The molecule has 10 heteroatoms. The maximum Gasteiger partial charge on any atom is 0.256 e. The molecule has 1 atom stereocenters. The van der Waals surface area contributed by atoms with E-state index in [1.807, 2.05) is 36.6 Å². The van der Waals surface area contributed by atoms with Crippen LogP contribution in [0.3, 0.4) is 0 Å². The van der Waals surface area contributed by atoms with Crippen molar-refractivity contribution in [2.24, 2.45) is 0 Å². The maximum absolute atomic E-state index is 13.0. The zero-order valence-electron chi connectivity index (χ0n) is 20.3. The molecule has 5 rings (SSSR count). The van der Waals surface area contributed by atoms with Crippen LogP contribution >= 0.6 is 11.3 Å². The van der Waals surface area contributed by atoms with E-state index < -0.39 is 0 Å². The minimum atomic E-state index is -0.252. The number of hydrogen-bond donors (Lipinski definition) is 3. The van der Waals surface area contributed by atoms with Crippen molar-refractivity contribution in [3.63, 3.8) is 0 Å². The molecule has 0 radical (unpaired) electrons. The Morgan fingerprint density at radius 2 is 1.81 bits per heavy atom. The van der Waals surface area contributed by atoms with Crippen LogP contribution in [0.2, 0.25) is 0 Å². The molecule has 186 valence electrons. The summed E-state index contributed by atoms with van der Waals surface area (Å²) in [6, 6.07) is 12.8. The van der Waals surface area contributed by atoms with Gasteiger partial charge in [0.15, 0.2) is 5.82 Å². The number of benzene rings is 2. The number of fused-ring (bicyclic) bond motifs is 1. The Morgan fingerprint density at radius 1 is 1.06 bits per heavy atom. The summed E-state index contributed by atoms with van der Waals surface area (Å²) < 4.78 is 0. The van der Waals surface area contributed by atoms with Crippen LogP contribution in [0.25, 0.3) is 10.9 Å². The van der Waals surface area contributed by atoms with E-state index in [1.165, 1.54) is 11.3 Å². The Labute approximate surface area is 213 Å². The fraction of sp³-hybridized carbons (Fsp3) is 0.308. The highest BCUT2D eigenvalue weighted by atomic mass is 32.1. The standard InChI is InChI=1S/C26H29N7O2S/c1-3-21(26-27-10-15-36-26)28-25(35)18-6-9-22-20(16-18)23(31-30-22)29-24(34)17-4-7-19(8-5-17)33-13-11-32(2)12-14-33/h4-10,15-16,21H,3,11-14H2,1-2H3,(H,28,35)(H2,29,30,31,34). The van der Waals surface area contributed by atoms with E-state index >= 15 is 0 Å². The van der Waals surface area contributed by atoms with Crippen molar-refractivity contribution in [2.45, 2.75) is 19.4 Å². The molecule has 1 saturated heterocycles. The third kappa shape index (κ3) is 5.09. The second-order valence-electron chi connectivity index (χ2n) is 8.93. The number of carbonyl (C=O) groups excluding carboxylic acids is 2. The lowest BCUT2D eigenvalue weighted by Gasteiger charge is -2.34. The van der Waals surface area contributed by atoms with Gasteiger partial charge in [0.1, 0.15) is 5.01 Å². The molecule has 9 nitrogen and oxygen atoms in total. The van der Waals surface area contributed by atoms with Crippen molar-refractivity contribution in [1.82, 2.24) is 25.4 Å². The van der Waals surface area contributed by atoms with Crippen molar-refractivity contribution < 1.29 is 9.59 Å². The molecule has 2 amide bonds.